The predicted octanol–water partition coefficient (Wildman–Crippen LogP) is 4.29. The Balaban J connectivity index is 1.63. The largest absolute Gasteiger partial charge is 0.344 e. The van der Waals surface area contributed by atoms with Gasteiger partial charge in [0.1, 0.15) is 29.5 Å². The summed E-state index contributed by atoms with van der Waals surface area (Å²) in [7, 11) is 1.98. The molecule has 0 aliphatic carbocycles. The maximum atomic E-state index is 15.8. The van der Waals surface area contributed by atoms with E-state index >= 15 is 4.39 Å². The zero-order valence-electron chi connectivity index (χ0n) is 28.3. The third kappa shape index (κ3) is 8.25. The Kier molecular flexibility index (Phi) is 12.0. The zero-order valence-corrected chi connectivity index (χ0v) is 28.3. The van der Waals surface area contributed by atoms with E-state index in [0.29, 0.717) is 49.5 Å². The summed E-state index contributed by atoms with van der Waals surface area (Å²) in [5.41, 5.74) is 0.921. The summed E-state index contributed by atoms with van der Waals surface area (Å²) in [5.74, 6) is -3.26. The lowest BCUT2D eigenvalue weighted by molar-refractivity contribution is -0.138. The fourth-order valence-electron chi connectivity index (χ4n) is 5.93. The number of anilines is 2. The van der Waals surface area contributed by atoms with Gasteiger partial charge in [-0.15, -0.1) is 0 Å². The number of hydrogen-bond acceptors (Lipinski definition) is 6. The number of likely N-dealkylation sites (N-methyl/N-ethyl adjacent to an activating group) is 1. The van der Waals surface area contributed by atoms with Gasteiger partial charge >= 0.3 is 0 Å². The summed E-state index contributed by atoms with van der Waals surface area (Å²) in [6.45, 7) is 11.4. The molecule has 1 aromatic heterocycles. The molecule has 2 N–H and O–H groups in total. The second-order valence-electron chi connectivity index (χ2n) is 12.6. The third-order valence-corrected chi connectivity index (χ3v) is 8.95. The van der Waals surface area contributed by atoms with Crippen LogP contribution in [-0.2, 0) is 19.2 Å². The van der Waals surface area contributed by atoms with Gasteiger partial charge in [-0.2, -0.15) is 5.10 Å². The number of nitrogens with one attached hydrogen (secondary N) is 2. The van der Waals surface area contributed by atoms with E-state index in [9.17, 15) is 23.6 Å². The average molecular weight is 666 g/mol. The van der Waals surface area contributed by atoms with Crippen LogP contribution >= 0.6 is 0 Å². The molecule has 0 unspecified atom stereocenters. The molecule has 1 fully saturated rings. The van der Waals surface area contributed by atoms with Crippen molar-refractivity contribution in [2.24, 2.45) is 0 Å². The predicted molar refractivity (Wildman–Crippen MR) is 180 cm³/mol. The highest BCUT2D eigenvalue weighted by atomic mass is 19.1. The van der Waals surface area contributed by atoms with Crippen molar-refractivity contribution >= 4 is 35.6 Å². The number of nitrogens with zero attached hydrogens (tertiary/aromatic N) is 5. The molecule has 0 saturated carbocycles. The van der Waals surface area contributed by atoms with E-state index < -0.39 is 41.5 Å². The van der Waals surface area contributed by atoms with Crippen LogP contribution in [0.4, 0.5) is 20.3 Å². The number of rotatable bonds is 13. The molecule has 0 bridgehead atoms. The lowest BCUT2D eigenvalue weighted by atomic mass is 9.90. The van der Waals surface area contributed by atoms with Gasteiger partial charge in [-0.05, 0) is 56.3 Å². The fourth-order valence-corrected chi connectivity index (χ4v) is 5.93. The van der Waals surface area contributed by atoms with Gasteiger partial charge < -0.3 is 20.4 Å². The van der Waals surface area contributed by atoms with E-state index in [0.717, 1.165) is 0 Å². The van der Waals surface area contributed by atoms with E-state index in [1.54, 1.807) is 42.5 Å². The van der Waals surface area contributed by atoms with Gasteiger partial charge in [-0.1, -0.05) is 39.0 Å². The topological polar surface area (TPSA) is 120 Å². The van der Waals surface area contributed by atoms with Crippen LogP contribution in [0.1, 0.15) is 70.0 Å². The summed E-state index contributed by atoms with van der Waals surface area (Å²) < 4.78 is 31.1. The monoisotopic (exact) mass is 665 g/mol. The highest BCUT2D eigenvalue weighted by Crippen LogP contribution is 2.31. The van der Waals surface area contributed by atoms with Crippen LogP contribution in [-0.4, -0.2) is 89.0 Å². The Labute approximate surface area is 280 Å². The molecule has 3 aromatic rings. The van der Waals surface area contributed by atoms with E-state index in [1.165, 1.54) is 47.5 Å². The van der Waals surface area contributed by atoms with Crippen LogP contribution < -0.4 is 15.5 Å². The fraction of sp³-hybridized carbons (Fsp3) is 0.457. The minimum atomic E-state index is -1.17. The molecule has 2 heterocycles. The first-order valence-electron chi connectivity index (χ1n) is 16.3. The Morgan fingerprint density at radius 2 is 1.58 bits per heavy atom. The van der Waals surface area contributed by atoms with Crippen molar-refractivity contribution in [1.29, 1.82) is 0 Å². The number of piperazine rings is 1. The first kappa shape index (κ1) is 36.2. The minimum Gasteiger partial charge on any atom is -0.344 e. The van der Waals surface area contributed by atoms with Crippen LogP contribution in [0.15, 0.2) is 54.7 Å². The smallest absolute Gasteiger partial charge is 0.248 e. The first-order valence-corrected chi connectivity index (χ1v) is 16.3. The number of carbonyl (C=O) groups excluding carboxylic acids is 4. The lowest BCUT2D eigenvalue weighted by Gasteiger charge is -2.36. The first-order chi connectivity index (χ1) is 22.9. The lowest BCUT2D eigenvalue weighted by Crippen LogP contribution is -2.55. The van der Waals surface area contributed by atoms with Gasteiger partial charge in [0.2, 0.25) is 24.1 Å². The molecule has 11 nitrogen and oxygen atoms in total. The molecule has 1 aliphatic heterocycles. The Hall–Kier alpha value is -4.65. The molecular weight excluding hydrogens is 620 g/mol. The number of halogens is 2. The molecule has 1 aliphatic rings. The molecule has 4 atom stereocenters. The summed E-state index contributed by atoms with van der Waals surface area (Å²) in [6.07, 6.45) is 2.24. The highest BCUT2D eigenvalue weighted by Gasteiger charge is 2.36. The highest BCUT2D eigenvalue weighted by molar-refractivity contribution is 6.01. The van der Waals surface area contributed by atoms with Crippen molar-refractivity contribution in [2.75, 3.05) is 43.4 Å². The summed E-state index contributed by atoms with van der Waals surface area (Å²) in [6, 6.07) is 9.27. The van der Waals surface area contributed by atoms with Crippen LogP contribution in [0.2, 0.25) is 0 Å². The van der Waals surface area contributed by atoms with Gasteiger partial charge in [0.05, 0.1) is 11.9 Å². The molecular formula is C35H45F2N7O4. The number of hydrogen-bond donors (Lipinski definition) is 2. The number of carbonyl (C=O) groups is 4. The molecule has 1 saturated heterocycles. The van der Waals surface area contributed by atoms with Gasteiger partial charge in [-0.25, -0.2) is 13.5 Å². The van der Waals surface area contributed by atoms with Gasteiger partial charge in [0.25, 0.3) is 0 Å². The van der Waals surface area contributed by atoms with Crippen molar-refractivity contribution in [1.82, 2.24) is 24.9 Å². The Morgan fingerprint density at radius 1 is 0.938 bits per heavy atom. The summed E-state index contributed by atoms with van der Waals surface area (Å²) in [4.78, 5) is 57.7. The SMILES string of the molecule is CCC(=O)N[C@@H](C(=O)N1CCN(C)CC1)[C@@H](C)c1ccc(NC(=O)[C@H]([C@@H](C)c2ccc(F)cc2)N(C=O)c2ccnn2C(C)C)c(F)c1. The zero-order chi connectivity index (χ0) is 35.1. The summed E-state index contributed by atoms with van der Waals surface area (Å²) in [5, 5.41) is 9.77. The van der Waals surface area contributed by atoms with Gasteiger partial charge in [-0.3, -0.25) is 24.1 Å². The maximum Gasteiger partial charge on any atom is 0.248 e. The van der Waals surface area contributed by atoms with Crippen molar-refractivity contribution in [3.63, 3.8) is 0 Å². The molecule has 4 amide bonds. The molecule has 2 aromatic carbocycles. The normalized spacial score (nSPS) is 16.1. The van der Waals surface area contributed by atoms with Crippen LogP contribution in [0.3, 0.4) is 0 Å². The molecule has 13 heteroatoms. The van der Waals surface area contributed by atoms with Crippen molar-refractivity contribution in [3.05, 3.63) is 77.5 Å². The van der Waals surface area contributed by atoms with Crippen molar-refractivity contribution < 1.29 is 28.0 Å². The second-order valence-corrected chi connectivity index (χ2v) is 12.6. The standard InChI is InChI=1S/C35H45F2N7O4/c1-7-30(46)40-32(35(48)42-18-16-41(6)17-19-42)23(4)26-10-13-29(28(37)20-26)39-34(47)33(24(5)25-8-11-27(36)12-9-25)43(21-45)31-14-15-38-44(31)22(2)3/h8-15,20-24,32-33H,7,16-19H2,1-6H3,(H,39,47)(H,40,46)/t23-,24-,32+,33-/m0/s1. The number of benzene rings is 2. The maximum absolute atomic E-state index is 15.8. The molecule has 48 heavy (non-hydrogen) atoms. The van der Waals surface area contributed by atoms with Gasteiger partial charge in [0.15, 0.2) is 0 Å². The molecule has 4 rings (SSSR count). The minimum absolute atomic E-state index is 0.130. The van der Waals surface area contributed by atoms with Gasteiger partial charge in [0, 0.05) is 56.5 Å². The Bertz CT molecular complexity index is 1590. The summed E-state index contributed by atoms with van der Waals surface area (Å²) >= 11 is 0. The van der Waals surface area contributed by atoms with Crippen molar-refractivity contribution in [2.45, 2.75) is 71.0 Å². The molecule has 0 radical (unpaired) electrons. The average Bonchev–Trinajstić information content (AvgIpc) is 3.56. The van der Waals surface area contributed by atoms with E-state index in [1.807, 2.05) is 20.9 Å². The van der Waals surface area contributed by atoms with Crippen LogP contribution in [0.25, 0.3) is 0 Å². The third-order valence-electron chi connectivity index (χ3n) is 8.95. The van der Waals surface area contributed by atoms with Crippen molar-refractivity contribution in [3.8, 4) is 0 Å². The van der Waals surface area contributed by atoms with E-state index in [-0.39, 0.29) is 30.0 Å². The number of amides is 4. The number of aromatic nitrogens is 2. The Morgan fingerprint density at radius 3 is 2.17 bits per heavy atom. The second kappa shape index (κ2) is 16.0. The van der Waals surface area contributed by atoms with E-state index in [2.05, 4.69) is 20.6 Å². The van der Waals surface area contributed by atoms with Crippen LogP contribution in [0.5, 0.6) is 0 Å². The van der Waals surface area contributed by atoms with E-state index in [4.69, 9.17) is 0 Å². The van der Waals surface area contributed by atoms with Crippen LogP contribution in [0, 0.1) is 11.6 Å². The molecule has 258 valence electrons. The molecule has 0 spiro atoms. The quantitative estimate of drug-likeness (QED) is 0.263.